The smallest absolute Gasteiger partial charge is 0.317 e. The van der Waals surface area contributed by atoms with E-state index >= 15 is 0 Å². The second-order valence-corrected chi connectivity index (χ2v) is 6.47. The van der Waals surface area contributed by atoms with Gasteiger partial charge in [-0.3, -0.25) is 4.79 Å². The molecular weight excluding hydrogens is 330 g/mol. The molecule has 1 aromatic rings. The fraction of sp³-hybridized carbons (Fsp3) is 0.600. The molecule has 0 saturated carbocycles. The molecule has 3 amide bonds. The number of hydrogen-bond acceptors (Lipinski definition) is 3. The molecule has 2 rings (SSSR count). The van der Waals surface area contributed by atoms with E-state index in [4.69, 9.17) is 4.74 Å². The number of nitrogens with one attached hydrogen (secondary N) is 1. The number of urea groups is 1. The van der Waals surface area contributed by atoms with Gasteiger partial charge in [-0.15, -0.1) is 0 Å². The third-order valence-corrected chi connectivity index (χ3v) is 4.83. The zero-order valence-corrected chi connectivity index (χ0v) is 16.2. The van der Waals surface area contributed by atoms with Crippen LogP contribution in [0.1, 0.15) is 49.5 Å². The predicted molar refractivity (Wildman–Crippen MR) is 102 cm³/mol. The van der Waals surface area contributed by atoms with Crippen LogP contribution < -0.4 is 5.32 Å². The highest BCUT2D eigenvalue weighted by molar-refractivity contribution is 5.94. The van der Waals surface area contributed by atoms with E-state index in [1.165, 1.54) is 0 Å². The Morgan fingerprint density at radius 3 is 2.27 bits per heavy atom. The van der Waals surface area contributed by atoms with Crippen LogP contribution in [0.5, 0.6) is 0 Å². The van der Waals surface area contributed by atoms with Gasteiger partial charge >= 0.3 is 6.03 Å². The molecule has 0 atom stereocenters. The Labute approximate surface area is 156 Å². The minimum absolute atomic E-state index is 0.0387. The molecule has 144 valence electrons. The largest absolute Gasteiger partial charge is 0.378 e. The summed E-state index contributed by atoms with van der Waals surface area (Å²) < 4.78 is 5.61. The first-order chi connectivity index (χ1) is 12.6. The molecule has 1 saturated heterocycles. The summed E-state index contributed by atoms with van der Waals surface area (Å²) in [6.45, 7) is 10.0. The molecule has 0 bridgehead atoms. The van der Waals surface area contributed by atoms with Crippen molar-refractivity contribution in [1.82, 2.24) is 15.1 Å². The molecule has 0 spiro atoms. The van der Waals surface area contributed by atoms with Crippen LogP contribution in [0, 0.1) is 0 Å². The molecular formula is C20H31N3O3. The van der Waals surface area contributed by atoms with Gasteiger partial charge < -0.3 is 19.9 Å². The van der Waals surface area contributed by atoms with Crippen LogP contribution in [-0.2, 0) is 11.3 Å². The molecule has 1 fully saturated rings. The van der Waals surface area contributed by atoms with Crippen molar-refractivity contribution in [3.8, 4) is 0 Å². The summed E-state index contributed by atoms with van der Waals surface area (Å²) in [5.74, 6) is 0.0442. The monoisotopic (exact) mass is 361 g/mol. The Balaban J connectivity index is 1.81. The van der Waals surface area contributed by atoms with E-state index in [1.807, 2.05) is 49.9 Å². The lowest BCUT2D eigenvalue weighted by atomic mass is 10.1. The Bertz CT molecular complexity index is 576. The van der Waals surface area contributed by atoms with Gasteiger partial charge in [0, 0.05) is 44.9 Å². The first-order valence-corrected chi connectivity index (χ1v) is 9.61. The number of carbonyl (C=O) groups is 2. The minimum Gasteiger partial charge on any atom is -0.378 e. The molecule has 1 aliphatic rings. The lowest BCUT2D eigenvalue weighted by Gasteiger charge is -2.31. The summed E-state index contributed by atoms with van der Waals surface area (Å²) in [5, 5.41) is 2.96. The summed E-state index contributed by atoms with van der Waals surface area (Å²) in [6.07, 6.45) is 2.06. The van der Waals surface area contributed by atoms with Crippen molar-refractivity contribution in [2.24, 2.45) is 0 Å². The highest BCUT2D eigenvalue weighted by Crippen LogP contribution is 2.14. The molecule has 1 heterocycles. The third kappa shape index (κ3) is 5.46. The van der Waals surface area contributed by atoms with Crippen molar-refractivity contribution < 1.29 is 14.3 Å². The molecule has 0 aromatic heterocycles. The maximum Gasteiger partial charge on any atom is 0.317 e. The summed E-state index contributed by atoms with van der Waals surface area (Å²) in [6, 6.07) is 7.42. The van der Waals surface area contributed by atoms with Crippen LogP contribution in [-0.4, -0.2) is 60.6 Å². The fourth-order valence-electron chi connectivity index (χ4n) is 3.21. The maximum absolute atomic E-state index is 12.3. The number of benzene rings is 1. The van der Waals surface area contributed by atoms with Crippen molar-refractivity contribution in [1.29, 1.82) is 0 Å². The van der Waals surface area contributed by atoms with Crippen molar-refractivity contribution in [3.05, 3.63) is 35.4 Å². The first kappa shape index (κ1) is 20.2. The van der Waals surface area contributed by atoms with Gasteiger partial charge in [0.25, 0.3) is 5.91 Å². The molecule has 1 aliphatic heterocycles. The Morgan fingerprint density at radius 2 is 1.73 bits per heavy atom. The SMILES string of the molecule is CCOC1CCN(C(=O)NCc2ccc(C(=O)N(CC)CC)cc2)CC1. The predicted octanol–water partition coefficient (Wildman–Crippen LogP) is 2.88. The Morgan fingerprint density at radius 1 is 1.12 bits per heavy atom. The number of ether oxygens (including phenoxy) is 1. The lowest BCUT2D eigenvalue weighted by Crippen LogP contribution is -2.45. The van der Waals surface area contributed by atoms with Gasteiger partial charge in [-0.05, 0) is 51.3 Å². The normalized spacial score (nSPS) is 15.0. The standard InChI is InChI=1S/C20H31N3O3/c1-4-22(5-2)19(24)17-9-7-16(8-10-17)15-21-20(25)23-13-11-18(12-14-23)26-6-3/h7-10,18H,4-6,11-15H2,1-3H3,(H,21,25). The van der Waals surface area contributed by atoms with Crippen LogP contribution >= 0.6 is 0 Å². The highest BCUT2D eigenvalue weighted by atomic mass is 16.5. The van der Waals surface area contributed by atoms with E-state index in [0.29, 0.717) is 25.2 Å². The van der Waals surface area contributed by atoms with Crippen LogP contribution in [0.3, 0.4) is 0 Å². The third-order valence-electron chi connectivity index (χ3n) is 4.83. The second-order valence-electron chi connectivity index (χ2n) is 6.47. The number of piperidine rings is 1. The molecule has 26 heavy (non-hydrogen) atoms. The first-order valence-electron chi connectivity index (χ1n) is 9.61. The van der Waals surface area contributed by atoms with E-state index in [2.05, 4.69) is 5.32 Å². The molecule has 0 radical (unpaired) electrons. The Hall–Kier alpha value is -2.08. The zero-order valence-electron chi connectivity index (χ0n) is 16.2. The van der Waals surface area contributed by atoms with Gasteiger partial charge in [-0.25, -0.2) is 4.79 Å². The molecule has 1 aromatic carbocycles. The lowest BCUT2D eigenvalue weighted by molar-refractivity contribution is 0.0220. The zero-order chi connectivity index (χ0) is 18.9. The molecule has 1 N–H and O–H groups in total. The van der Waals surface area contributed by atoms with E-state index in [9.17, 15) is 9.59 Å². The van der Waals surface area contributed by atoms with Gasteiger partial charge in [0.05, 0.1) is 6.10 Å². The summed E-state index contributed by atoms with van der Waals surface area (Å²) >= 11 is 0. The van der Waals surface area contributed by atoms with Crippen molar-refractivity contribution in [2.75, 3.05) is 32.8 Å². The summed E-state index contributed by atoms with van der Waals surface area (Å²) in [5.41, 5.74) is 1.67. The van der Waals surface area contributed by atoms with Crippen molar-refractivity contribution in [2.45, 2.75) is 46.3 Å². The van der Waals surface area contributed by atoms with Crippen molar-refractivity contribution in [3.63, 3.8) is 0 Å². The van der Waals surface area contributed by atoms with Gasteiger partial charge in [0.2, 0.25) is 0 Å². The van der Waals surface area contributed by atoms with E-state index in [-0.39, 0.29) is 18.0 Å². The van der Waals surface area contributed by atoms with Gasteiger partial charge in [-0.2, -0.15) is 0 Å². The van der Waals surface area contributed by atoms with E-state index in [1.54, 1.807) is 4.90 Å². The van der Waals surface area contributed by atoms with Crippen LogP contribution in [0.4, 0.5) is 4.79 Å². The number of likely N-dealkylation sites (tertiary alicyclic amines) is 1. The van der Waals surface area contributed by atoms with Crippen LogP contribution in [0.25, 0.3) is 0 Å². The van der Waals surface area contributed by atoms with Crippen LogP contribution in [0.2, 0.25) is 0 Å². The topological polar surface area (TPSA) is 61.9 Å². The molecule has 0 unspecified atom stereocenters. The number of nitrogens with zero attached hydrogens (tertiary/aromatic N) is 2. The average molecular weight is 361 g/mol. The Kier molecular flexibility index (Phi) is 7.91. The average Bonchev–Trinajstić information content (AvgIpc) is 2.68. The highest BCUT2D eigenvalue weighted by Gasteiger charge is 2.22. The molecule has 0 aliphatic carbocycles. The maximum atomic E-state index is 12.3. The number of carbonyl (C=O) groups excluding carboxylic acids is 2. The van der Waals surface area contributed by atoms with E-state index < -0.39 is 0 Å². The van der Waals surface area contributed by atoms with Gasteiger partial charge in [-0.1, -0.05) is 12.1 Å². The molecule has 6 heteroatoms. The van der Waals surface area contributed by atoms with E-state index in [0.717, 1.165) is 38.1 Å². The second kappa shape index (κ2) is 10.2. The summed E-state index contributed by atoms with van der Waals surface area (Å²) in [4.78, 5) is 28.2. The number of hydrogen-bond donors (Lipinski definition) is 1. The fourth-order valence-corrected chi connectivity index (χ4v) is 3.21. The van der Waals surface area contributed by atoms with Crippen molar-refractivity contribution >= 4 is 11.9 Å². The minimum atomic E-state index is -0.0387. The number of rotatable bonds is 7. The van der Waals surface area contributed by atoms with Gasteiger partial charge in [0.1, 0.15) is 0 Å². The summed E-state index contributed by atoms with van der Waals surface area (Å²) in [7, 11) is 0. The molecule has 6 nitrogen and oxygen atoms in total. The van der Waals surface area contributed by atoms with Gasteiger partial charge in [0.15, 0.2) is 0 Å². The quantitative estimate of drug-likeness (QED) is 0.812. The van der Waals surface area contributed by atoms with Crippen LogP contribution in [0.15, 0.2) is 24.3 Å². The number of amides is 3.